The fourth-order valence-corrected chi connectivity index (χ4v) is 3.01. The first-order valence-electron chi connectivity index (χ1n) is 7.84. The van der Waals surface area contributed by atoms with E-state index in [2.05, 4.69) is 0 Å². The largest absolute Gasteiger partial charge is 0.462 e. The van der Waals surface area contributed by atoms with Gasteiger partial charge in [0.1, 0.15) is 5.56 Å². The molecule has 1 heterocycles. The van der Waals surface area contributed by atoms with Crippen LogP contribution in [0.1, 0.15) is 48.8 Å². The highest BCUT2D eigenvalue weighted by Gasteiger charge is 2.33. The number of benzene rings is 1. The van der Waals surface area contributed by atoms with Gasteiger partial charge in [-0.05, 0) is 32.3 Å². The first kappa shape index (κ1) is 16.5. The third-order valence-corrected chi connectivity index (χ3v) is 4.15. The number of aromatic nitrogens is 1. The van der Waals surface area contributed by atoms with Gasteiger partial charge in [0, 0.05) is 11.7 Å². The first-order valence-corrected chi connectivity index (χ1v) is 7.84. The standard InChI is InChI=1S/C17H16F3NO3/c1-3-11-12(17(23)24-4-2)16(22)9-7-10(18)13(19)14(20)15(9)21(11)8-5-6-8/h7-8H,3-6H2,1-2H3. The lowest BCUT2D eigenvalue weighted by Gasteiger charge is -2.19. The quantitative estimate of drug-likeness (QED) is 0.633. The predicted molar refractivity (Wildman–Crippen MR) is 81.7 cm³/mol. The summed E-state index contributed by atoms with van der Waals surface area (Å²) in [7, 11) is 0. The molecular formula is C17H16F3NO3. The second kappa shape index (κ2) is 5.96. The fourth-order valence-electron chi connectivity index (χ4n) is 3.01. The third kappa shape index (κ3) is 2.39. The van der Waals surface area contributed by atoms with Crippen LogP contribution in [0.2, 0.25) is 0 Å². The highest BCUT2D eigenvalue weighted by atomic mass is 19.2. The Balaban J connectivity index is 2.50. The Morgan fingerprint density at radius 3 is 2.46 bits per heavy atom. The minimum atomic E-state index is -1.62. The summed E-state index contributed by atoms with van der Waals surface area (Å²) in [6.45, 7) is 3.37. The molecule has 0 saturated heterocycles. The molecule has 2 aromatic rings. The van der Waals surface area contributed by atoms with E-state index in [0.717, 1.165) is 0 Å². The van der Waals surface area contributed by atoms with Gasteiger partial charge < -0.3 is 9.30 Å². The van der Waals surface area contributed by atoms with Crippen LogP contribution in [0, 0.1) is 17.5 Å². The molecule has 1 aromatic carbocycles. The number of halogens is 3. The Morgan fingerprint density at radius 2 is 1.92 bits per heavy atom. The van der Waals surface area contributed by atoms with Gasteiger partial charge >= 0.3 is 5.97 Å². The lowest BCUT2D eigenvalue weighted by Crippen LogP contribution is -2.26. The van der Waals surface area contributed by atoms with Crippen LogP contribution in [-0.4, -0.2) is 17.1 Å². The normalized spacial score (nSPS) is 14.2. The number of esters is 1. The maximum Gasteiger partial charge on any atom is 0.343 e. The Hall–Kier alpha value is -2.31. The highest BCUT2D eigenvalue weighted by Crippen LogP contribution is 2.40. The number of carbonyl (C=O) groups excluding carboxylic acids is 1. The summed E-state index contributed by atoms with van der Waals surface area (Å²) in [4.78, 5) is 24.9. The average molecular weight is 339 g/mol. The number of hydrogen-bond donors (Lipinski definition) is 0. The van der Waals surface area contributed by atoms with E-state index in [4.69, 9.17) is 4.74 Å². The van der Waals surface area contributed by atoms with Crippen LogP contribution < -0.4 is 5.43 Å². The molecule has 0 radical (unpaired) electrons. The van der Waals surface area contributed by atoms with E-state index in [1.165, 1.54) is 4.57 Å². The van der Waals surface area contributed by atoms with Crippen molar-refractivity contribution in [3.8, 4) is 0 Å². The fraction of sp³-hybridized carbons (Fsp3) is 0.412. The van der Waals surface area contributed by atoms with Crippen LogP contribution in [-0.2, 0) is 11.2 Å². The molecule has 0 aliphatic heterocycles. The Bertz CT molecular complexity index is 901. The van der Waals surface area contributed by atoms with E-state index in [9.17, 15) is 22.8 Å². The molecule has 128 valence electrons. The molecule has 1 aromatic heterocycles. The topological polar surface area (TPSA) is 48.3 Å². The van der Waals surface area contributed by atoms with E-state index in [-0.39, 0.29) is 35.5 Å². The van der Waals surface area contributed by atoms with Crippen LogP contribution in [0.15, 0.2) is 10.9 Å². The van der Waals surface area contributed by atoms with Crippen LogP contribution in [0.4, 0.5) is 13.2 Å². The molecule has 7 heteroatoms. The molecule has 1 aliphatic rings. The average Bonchev–Trinajstić information content (AvgIpc) is 3.37. The summed E-state index contributed by atoms with van der Waals surface area (Å²) in [5.41, 5.74) is -1.07. The van der Waals surface area contributed by atoms with Gasteiger partial charge in [0.25, 0.3) is 0 Å². The minimum Gasteiger partial charge on any atom is -0.462 e. The molecule has 3 rings (SSSR count). The van der Waals surface area contributed by atoms with Crippen LogP contribution in [0.5, 0.6) is 0 Å². The first-order chi connectivity index (χ1) is 11.4. The smallest absolute Gasteiger partial charge is 0.343 e. The molecule has 0 bridgehead atoms. The van der Waals surface area contributed by atoms with Crippen molar-refractivity contribution in [2.24, 2.45) is 0 Å². The van der Waals surface area contributed by atoms with Crippen molar-refractivity contribution in [1.29, 1.82) is 0 Å². The zero-order valence-electron chi connectivity index (χ0n) is 13.3. The van der Waals surface area contributed by atoms with Gasteiger partial charge in [0.2, 0.25) is 5.43 Å². The van der Waals surface area contributed by atoms with Gasteiger partial charge in [-0.3, -0.25) is 4.79 Å². The molecule has 0 spiro atoms. The highest BCUT2D eigenvalue weighted by molar-refractivity contribution is 5.95. The van der Waals surface area contributed by atoms with E-state index >= 15 is 0 Å². The van der Waals surface area contributed by atoms with E-state index in [1.54, 1.807) is 13.8 Å². The maximum absolute atomic E-state index is 14.4. The molecule has 0 N–H and O–H groups in total. The van der Waals surface area contributed by atoms with Crippen LogP contribution >= 0.6 is 0 Å². The SMILES string of the molecule is CCOC(=O)c1c(CC)n(C2CC2)c2c(F)c(F)c(F)cc2c1=O. The van der Waals surface area contributed by atoms with Crippen molar-refractivity contribution in [2.75, 3.05) is 6.61 Å². The number of pyridine rings is 1. The van der Waals surface area contributed by atoms with E-state index < -0.39 is 28.8 Å². The number of fused-ring (bicyclic) bond motifs is 1. The Morgan fingerprint density at radius 1 is 1.25 bits per heavy atom. The lowest BCUT2D eigenvalue weighted by molar-refractivity contribution is 0.0522. The second-order valence-electron chi connectivity index (χ2n) is 5.71. The van der Waals surface area contributed by atoms with Crippen molar-refractivity contribution in [1.82, 2.24) is 4.57 Å². The number of hydrogen-bond acceptors (Lipinski definition) is 3. The monoisotopic (exact) mass is 339 g/mol. The van der Waals surface area contributed by atoms with Crippen molar-refractivity contribution in [3.63, 3.8) is 0 Å². The summed E-state index contributed by atoms with van der Waals surface area (Å²) in [5.74, 6) is -5.32. The van der Waals surface area contributed by atoms with Gasteiger partial charge in [0.15, 0.2) is 17.5 Å². The second-order valence-corrected chi connectivity index (χ2v) is 5.71. The van der Waals surface area contributed by atoms with Gasteiger partial charge in [-0.2, -0.15) is 0 Å². The van der Waals surface area contributed by atoms with Crippen LogP contribution in [0.25, 0.3) is 10.9 Å². The Labute approximate surface area is 135 Å². The molecule has 24 heavy (non-hydrogen) atoms. The van der Waals surface area contributed by atoms with Crippen molar-refractivity contribution < 1.29 is 22.7 Å². The number of nitrogens with zero attached hydrogens (tertiary/aromatic N) is 1. The van der Waals surface area contributed by atoms with Gasteiger partial charge in [-0.25, -0.2) is 18.0 Å². The molecule has 1 fully saturated rings. The summed E-state index contributed by atoms with van der Waals surface area (Å²) < 4.78 is 48.1. The molecule has 1 aliphatic carbocycles. The van der Waals surface area contributed by atoms with Gasteiger partial charge in [-0.15, -0.1) is 0 Å². The zero-order valence-corrected chi connectivity index (χ0v) is 13.3. The Kier molecular flexibility index (Phi) is 4.11. The summed E-state index contributed by atoms with van der Waals surface area (Å²) >= 11 is 0. The van der Waals surface area contributed by atoms with Gasteiger partial charge in [-0.1, -0.05) is 6.92 Å². The van der Waals surface area contributed by atoms with Crippen molar-refractivity contribution in [2.45, 2.75) is 39.2 Å². The number of carbonyl (C=O) groups is 1. The van der Waals surface area contributed by atoms with Crippen LogP contribution in [0.3, 0.4) is 0 Å². The molecule has 0 amide bonds. The molecular weight excluding hydrogens is 323 g/mol. The minimum absolute atomic E-state index is 0.0645. The van der Waals surface area contributed by atoms with Gasteiger partial charge in [0.05, 0.1) is 17.5 Å². The molecule has 4 nitrogen and oxygen atoms in total. The molecule has 0 atom stereocenters. The van der Waals surface area contributed by atoms with E-state index in [1.807, 2.05) is 0 Å². The van der Waals surface area contributed by atoms with Crippen molar-refractivity contribution in [3.05, 3.63) is 45.0 Å². The maximum atomic E-state index is 14.4. The number of ether oxygens (including phenoxy) is 1. The van der Waals surface area contributed by atoms with E-state index in [0.29, 0.717) is 24.6 Å². The third-order valence-electron chi connectivity index (χ3n) is 4.15. The summed E-state index contributed by atoms with van der Waals surface area (Å²) in [6.07, 6.45) is 1.69. The summed E-state index contributed by atoms with van der Waals surface area (Å²) in [5, 5.41) is -0.349. The molecule has 0 unspecified atom stereocenters. The zero-order chi connectivity index (χ0) is 17.6. The predicted octanol–water partition coefficient (Wildman–Crippen LogP) is 3.49. The number of rotatable bonds is 4. The summed E-state index contributed by atoms with van der Waals surface area (Å²) in [6, 6.07) is 0.507. The lowest BCUT2D eigenvalue weighted by atomic mass is 10.0. The molecule has 1 saturated carbocycles. The van der Waals surface area contributed by atoms with Crippen molar-refractivity contribution >= 4 is 16.9 Å².